The van der Waals surface area contributed by atoms with Gasteiger partial charge in [0, 0.05) is 25.0 Å². The lowest BCUT2D eigenvalue weighted by molar-refractivity contribution is -0.154. The van der Waals surface area contributed by atoms with Gasteiger partial charge in [-0.1, -0.05) is 6.42 Å². The van der Waals surface area contributed by atoms with Crippen LogP contribution in [0.1, 0.15) is 58.8 Å². The zero-order valence-corrected chi connectivity index (χ0v) is 14.2. The average molecular weight is 327 g/mol. The Morgan fingerprint density at radius 1 is 1.13 bits per heavy atom. The Balaban J connectivity index is 2.15. The van der Waals surface area contributed by atoms with Gasteiger partial charge in [-0.2, -0.15) is 0 Å². The molecule has 23 heavy (non-hydrogen) atoms. The average Bonchev–Trinajstić information content (AvgIpc) is 2.48. The van der Waals surface area contributed by atoms with Crippen molar-refractivity contribution in [1.29, 1.82) is 0 Å². The van der Waals surface area contributed by atoms with E-state index in [1.165, 1.54) is 0 Å². The van der Waals surface area contributed by atoms with Gasteiger partial charge in [0.1, 0.15) is 0 Å². The van der Waals surface area contributed by atoms with Gasteiger partial charge in [-0.05, 0) is 46.0 Å². The summed E-state index contributed by atoms with van der Waals surface area (Å²) in [7, 11) is 0. The molecule has 1 aliphatic rings. The first-order chi connectivity index (χ1) is 10.9. The van der Waals surface area contributed by atoms with Crippen LogP contribution >= 0.6 is 0 Å². The molecule has 7 heteroatoms. The van der Waals surface area contributed by atoms with Crippen molar-refractivity contribution in [2.75, 3.05) is 13.2 Å². The smallest absolute Gasteiger partial charge is 0.312 e. The summed E-state index contributed by atoms with van der Waals surface area (Å²) in [4.78, 5) is 36.2. The Morgan fingerprint density at radius 2 is 1.78 bits per heavy atom. The van der Waals surface area contributed by atoms with Crippen LogP contribution in [0.25, 0.3) is 0 Å². The SMILES string of the molecule is C[C@@H]1CCC[C@H](C)N1C(=O)COC(=O)CCCCCNC(N)=O. The lowest BCUT2D eigenvalue weighted by Gasteiger charge is -2.38. The van der Waals surface area contributed by atoms with Crippen LogP contribution in [0.2, 0.25) is 0 Å². The maximum absolute atomic E-state index is 12.2. The molecule has 0 aromatic heterocycles. The Morgan fingerprint density at radius 3 is 2.39 bits per heavy atom. The second kappa shape index (κ2) is 10.1. The normalized spacial score (nSPS) is 20.9. The molecule has 0 radical (unpaired) electrons. The Labute approximate surface area is 137 Å². The molecule has 132 valence electrons. The van der Waals surface area contributed by atoms with Crippen molar-refractivity contribution < 1.29 is 19.1 Å². The molecule has 1 heterocycles. The molecule has 0 saturated carbocycles. The van der Waals surface area contributed by atoms with E-state index >= 15 is 0 Å². The van der Waals surface area contributed by atoms with Gasteiger partial charge < -0.3 is 20.7 Å². The Bertz CT molecular complexity index is 404. The van der Waals surface area contributed by atoms with Crippen LogP contribution in [-0.2, 0) is 14.3 Å². The number of rotatable bonds is 8. The molecule has 3 N–H and O–H groups in total. The largest absolute Gasteiger partial charge is 0.456 e. The zero-order chi connectivity index (χ0) is 17.2. The summed E-state index contributed by atoms with van der Waals surface area (Å²) in [6.45, 7) is 4.41. The predicted octanol–water partition coefficient (Wildman–Crippen LogP) is 1.55. The molecule has 0 aromatic carbocycles. The fraction of sp³-hybridized carbons (Fsp3) is 0.812. The third-order valence-electron chi connectivity index (χ3n) is 4.20. The van der Waals surface area contributed by atoms with Crippen molar-refractivity contribution in [3.8, 4) is 0 Å². The fourth-order valence-corrected chi connectivity index (χ4v) is 2.98. The quantitative estimate of drug-likeness (QED) is 0.521. The molecular formula is C16H29N3O4. The molecule has 1 fully saturated rings. The highest BCUT2D eigenvalue weighted by Gasteiger charge is 2.29. The van der Waals surface area contributed by atoms with Crippen LogP contribution in [0.3, 0.4) is 0 Å². The number of likely N-dealkylation sites (tertiary alicyclic amines) is 1. The van der Waals surface area contributed by atoms with Crippen LogP contribution in [0, 0.1) is 0 Å². The number of nitrogens with one attached hydrogen (secondary N) is 1. The van der Waals surface area contributed by atoms with Gasteiger partial charge in [0.05, 0.1) is 0 Å². The highest BCUT2D eigenvalue weighted by Crippen LogP contribution is 2.22. The van der Waals surface area contributed by atoms with Crippen molar-refractivity contribution in [3.63, 3.8) is 0 Å². The lowest BCUT2D eigenvalue weighted by Crippen LogP contribution is -2.49. The number of nitrogens with zero attached hydrogens (tertiary/aromatic N) is 1. The third kappa shape index (κ3) is 7.34. The second-order valence-electron chi connectivity index (χ2n) is 6.19. The summed E-state index contributed by atoms with van der Waals surface area (Å²) in [5, 5.41) is 2.49. The number of carbonyl (C=O) groups is 3. The van der Waals surface area contributed by atoms with E-state index in [0.717, 1.165) is 32.1 Å². The summed E-state index contributed by atoms with van der Waals surface area (Å²) in [5.74, 6) is -0.456. The maximum Gasteiger partial charge on any atom is 0.312 e. The number of amides is 3. The lowest BCUT2D eigenvalue weighted by atomic mass is 9.97. The Kier molecular flexibility index (Phi) is 8.43. The molecule has 0 spiro atoms. The monoisotopic (exact) mass is 327 g/mol. The van der Waals surface area contributed by atoms with Crippen molar-refractivity contribution in [2.24, 2.45) is 5.73 Å². The highest BCUT2D eigenvalue weighted by atomic mass is 16.5. The summed E-state index contributed by atoms with van der Waals surface area (Å²) in [5.41, 5.74) is 4.94. The molecule has 2 atom stereocenters. The number of urea groups is 1. The number of piperidine rings is 1. The number of hydrogen-bond acceptors (Lipinski definition) is 4. The van der Waals surface area contributed by atoms with Gasteiger partial charge >= 0.3 is 12.0 Å². The second-order valence-corrected chi connectivity index (χ2v) is 6.19. The Hall–Kier alpha value is -1.79. The molecular weight excluding hydrogens is 298 g/mol. The van der Waals surface area contributed by atoms with E-state index < -0.39 is 6.03 Å². The van der Waals surface area contributed by atoms with Crippen LogP contribution in [0.4, 0.5) is 4.79 Å². The van der Waals surface area contributed by atoms with Gasteiger partial charge in [-0.3, -0.25) is 9.59 Å². The summed E-state index contributed by atoms with van der Waals surface area (Å²) in [6, 6.07) is -0.116. The van der Waals surface area contributed by atoms with E-state index in [2.05, 4.69) is 5.32 Å². The first kappa shape index (κ1) is 19.3. The fourth-order valence-electron chi connectivity index (χ4n) is 2.98. The number of nitrogens with two attached hydrogens (primary N) is 1. The number of primary amides is 1. The maximum atomic E-state index is 12.2. The first-order valence-electron chi connectivity index (χ1n) is 8.42. The first-order valence-corrected chi connectivity index (χ1v) is 8.42. The van der Waals surface area contributed by atoms with Crippen molar-refractivity contribution in [3.05, 3.63) is 0 Å². The van der Waals surface area contributed by atoms with Gasteiger partial charge in [-0.15, -0.1) is 0 Å². The van der Waals surface area contributed by atoms with Crippen LogP contribution in [-0.4, -0.2) is 48.0 Å². The number of ether oxygens (including phenoxy) is 1. The van der Waals surface area contributed by atoms with Gasteiger partial charge in [-0.25, -0.2) is 4.79 Å². The van der Waals surface area contributed by atoms with E-state index in [4.69, 9.17) is 10.5 Å². The topological polar surface area (TPSA) is 102 Å². The minimum atomic E-state index is -0.538. The summed E-state index contributed by atoms with van der Waals surface area (Å²) >= 11 is 0. The highest BCUT2D eigenvalue weighted by molar-refractivity contribution is 5.81. The summed E-state index contributed by atoms with van der Waals surface area (Å²) in [6.07, 6.45) is 5.66. The van der Waals surface area contributed by atoms with E-state index in [1.807, 2.05) is 18.7 Å². The minimum absolute atomic E-state index is 0.108. The molecule has 1 aliphatic heterocycles. The summed E-state index contributed by atoms with van der Waals surface area (Å²) < 4.78 is 5.08. The van der Waals surface area contributed by atoms with E-state index in [9.17, 15) is 14.4 Å². The molecule has 7 nitrogen and oxygen atoms in total. The standard InChI is InChI=1S/C16H29N3O4/c1-12-7-6-8-13(2)19(12)14(20)11-23-15(21)9-4-3-5-10-18-16(17)22/h12-13H,3-11H2,1-2H3,(H3,17,18,22)/t12-,13+. The minimum Gasteiger partial charge on any atom is -0.456 e. The number of hydrogen-bond donors (Lipinski definition) is 2. The zero-order valence-electron chi connectivity index (χ0n) is 14.2. The van der Waals surface area contributed by atoms with Gasteiger partial charge in [0.15, 0.2) is 6.61 Å². The van der Waals surface area contributed by atoms with Crippen molar-refractivity contribution >= 4 is 17.9 Å². The molecule has 0 aromatic rings. The number of esters is 1. The predicted molar refractivity (Wildman–Crippen MR) is 86.6 cm³/mol. The number of carbonyl (C=O) groups excluding carboxylic acids is 3. The molecule has 1 rings (SSSR count). The van der Waals surface area contributed by atoms with Gasteiger partial charge in [0.25, 0.3) is 5.91 Å². The van der Waals surface area contributed by atoms with Crippen molar-refractivity contribution in [2.45, 2.75) is 70.9 Å². The molecule has 0 aliphatic carbocycles. The molecule has 0 unspecified atom stereocenters. The van der Waals surface area contributed by atoms with E-state index in [-0.39, 0.29) is 37.0 Å². The van der Waals surface area contributed by atoms with E-state index in [0.29, 0.717) is 13.0 Å². The van der Waals surface area contributed by atoms with Crippen LogP contribution < -0.4 is 11.1 Å². The number of unbranched alkanes of at least 4 members (excludes halogenated alkanes) is 2. The van der Waals surface area contributed by atoms with E-state index in [1.54, 1.807) is 0 Å². The molecule has 0 bridgehead atoms. The third-order valence-corrected chi connectivity index (χ3v) is 4.20. The van der Waals surface area contributed by atoms with Crippen molar-refractivity contribution in [1.82, 2.24) is 10.2 Å². The molecule has 1 saturated heterocycles. The van der Waals surface area contributed by atoms with Crippen LogP contribution in [0.5, 0.6) is 0 Å². The van der Waals surface area contributed by atoms with Gasteiger partial charge in [0.2, 0.25) is 0 Å². The molecule has 3 amide bonds. The van der Waals surface area contributed by atoms with Crippen LogP contribution in [0.15, 0.2) is 0 Å².